The normalized spacial score (nSPS) is 19.7. The van der Waals surface area contributed by atoms with Gasteiger partial charge in [-0.05, 0) is 37.4 Å². The number of rotatable bonds is 6. The van der Waals surface area contributed by atoms with Crippen LogP contribution in [0.15, 0.2) is 42.6 Å². The first-order chi connectivity index (χ1) is 14.6. The van der Waals surface area contributed by atoms with Gasteiger partial charge in [0.15, 0.2) is 11.3 Å². The van der Waals surface area contributed by atoms with Gasteiger partial charge in [-0.2, -0.15) is 0 Å². The van der Waals surface area contributed by atoms with Gasteiger partial charge in [0.25, 0.3) is 0 Å². The average Bonchev–Trinajstić information content (AvgIpc) is 3.24. The Hall–Kier alpha value is -2.93. The number of likely N-dealkylation sites (tertiary alicyclic amines) is 1. The fourth-order valence-electron chi connectivity index (χ4n) is 4.37. The van der Waals surface area contributed by atoms with Crippen molar-refractivity contribution < 1.29 is 9.53 Å². The van der Waals surface area contributed by atoms with Crippen LogP contribution in [0.4, 0.5) is 5.69 Å². The zero-order valence-corrected chi connectivity index (χ0v) is 17.8. The minimum Gasteiger partial charge on any atom is -0.461 e. The molecule has 2 aromatic heterocycles. The molecule has 0 unspecified atom stereocenters. The van der Waals surface area contributed by atoms with Crippen LogP contribution in [-0.4, -0.2) is 58.8 Å². The summed E-state index contributed by atoms with van der Waals surface area (Å²) in [5, 5.41) is 9.28. The number of hydrogen-bond donors (Lipinski definition) is 1. The van der Waals surface area contributed by atoms with E-state index in [9.17, 15) is 4.79 Å². The van der Waals surface area contributed by atoms with Crippen molar-refractivity contribution in [2.45, 2.75) is 32.9 Å². The van der Waals surface area contributed by atoms with Crippen molar-refractivity contribution >= 4 is 22.7 Å². The Morgan fingerprint density at radius 3 is 2.83 bits per heavy atom. The number of esters is 1. The van der Waals surface area contributed by atoms with Crippen LogP contribution in [0.3, 0.4) is 0 Å². The van der Waals surface area contributed by atoms with Gasteiger partial charge in [0.2, 0.25) is 0 Å². The van der Waals surface area contributed by atoms with Crippen LogP contribution in [-0.2, 0) is 11.3 Å². The molecule has 7 heteroatoms. The third-order valence-corrected chi connectivity index (χ3v) is 6.03. The van der Waals surface area contributed by atoms with E-state index in [-0.39, 0.29) is 11.7 Å². The van der Waals surface area contributed by atoms with Crippen molar-refractivity contribution in [2.24, 2.45) is 5.92 Å². The number of nitrogens with one attached hydrogen (secondary N) is 1. The second-order valence-electron chi connectivity index (χ2n) is 8.02. The zero-order valence-electron chi connectivity index (χ0n) is 17.8. The third-order valence-electron chi connectivity index (χ3n) is 6.03. The summed E-state index contributed by atoms with van der Waals surface area (Å²) in [5.74, 6) is 0.0544. The number of carbonyl (C=O) groups is 1. The maximum Gasteiger partial charge on any atom is 0.361 e. The van der Waals surface area contributed by atoms with E-state index in [2.05, 4.69) is 63.2 Å². The van der Waals surface area contributed by atoms with Gasteiger partial charge in [0, 0.05) is 37.8 Å². The van der Waals surface area contributed by atoms with Gasteiger partial charge < -0.3 is 14.6 Å². The topological polar surface area (TPSA) is 74.3 Å². The summed E-state index contributed by atoms with van der Waals surface area (Å²) >= 11 is 0. The number of hydrogen-bond acceptors (Lipinski definition) is 6. The highest BCUT2D eigenvalue weighted by atomic mass is 16.5. The van der Waals surface area contributed by atoms with Crippen LogP contribution >= 0.6 is 0 Å². The molecule has 30 heavy (non-hydrogen) atoms. The van der Waals surface area contributed by atoms with Gasteiger partial charge in [0.05, 0.1) is 12.3 Å². The number of nitrogens with zero attached hydrogens (tertiary/aromatic N) is 4. The van der Waals surface area contributed by atoms with E-state index in [4.69, 9.17) is 4.74 Å². The number of H-pyrrole nitrogens is 1. The van der Waals surface area contributed by atoms with Crippen molar-refractivity contribution in [1.82, 2.24) is 20.1 Å². The molecule has 158 valence electrons. The lowest BCUT2D eigenvalue weighted by atomic mass is 9.91. The van der Waals surface area contributed by atoms with Crippen LogP contribution in [0.25, 0.3) is 11.0 Å². The van der Waals surface area contributed by atoms with E-state index < -0.39 is 5.97 Å². The molecule has 0 saturated carbocycles. The molecule has 1 aliphatic rings. The first-order valence-electron chi connectivity index (χ1n) is 10.6. The molecule has 0 spiro atoms. The maximum absolute atomic E-state index is 12.6. The lowest BCUT2D eigenvalue weighted by molar-refractivity contribution is 0.0519. The number of piperidine rings is 1. The fraction of sp³-hybridized carbons (Fsp3) is 0.435. The maximum atomic E-state index is 12.6. The van der Waals surface area contributed by atoms with E-state index in [1.54, 1.807) is 6.92 Å². The predicted molar refractivity (Wildman–Crippen MR) is 118 cm³/mol. The molecule has 1 saturated heterocycles. The number of aromatic amines is 1. The van der Waals surface area contributed by atoms with Crippen molar-refractivity contribution in [1.29, 1.82) is 0 Å². The highest BCUT2D eigenvalue weighted by Crippen LogP contribution is 2.33. The van der Waals surface area contributed by atoms with E-state index >= 15 is 0 Å². The van der Waals surface area contributed by atoms with Gasteiger partial charge in [-0.1, -0.05) is 37.3 Å². The fourth-order valence-corrected chi connectivity index (χ4v) is 4.37. The molecule has 1 aromatic carbocycles. The Morgan fingerprint density at radius 1 is 1.27 bits per heavy atom. The third kappa shape index (κ3) is 4.03. The number of benzene rings is 1. The Bertz CT molecular complexity index is 1000. The average molecular weight is 408 g/mol. The van der Waals surface area contributed by atoms with Gasteiger partial charge in [-0.3, -0.25) is 4.90 Å². The van der Waals surface area contributed by atoms with Gasteiger partial charge in [0.1, 0.15) is 0 Å². The van der Waals surface area contributed by atoms with Gasteiger partial charge in [-0.25, -0.2) is 4.79 Å². The minimum absolute atomic E-state index is 0.248. The Labute approximate surface area is 177 Å². The molecule has 7 nitrogen and oxygen atoms in total. The Morgan fingerprint density at radius 2 is 2.07 bits per heavy atom. The van der Waals surface area contributed by atoms with Gasteiger partial charge >= 0.3 is 5.97 Å². The molecule has 0 bridgehead atoms. The van der Waals surface area contributed by atoms with E-state index in [0.717, 1.165) is 37.1 Å². The molecule has 4 rings (SSSR count). The number of ether oxygens (including phenoxy) is 1. The second kappa shape index (κ2) is 8.83. The van der Waals surface area contributed by atoms with Gasteiger partial charge in [-0.15, -0.1) is 10.2 Å². The number of likely N-dealkylation sites (N-methyl/N-ethyl adjacent to an activating group) is 1. The quantitative estimate of drug-likeness (QED) is 0.631. The van der Waals surface area contributed by atoms with Crippen LogP contribution < -0.4 is 4.90 Å². The zero-order chi connectivity index (χ0) is 21.1. The molecule has 0 radical (unpaired) electrons. The molecule has 1 fully saturated rings. The molecular weight excluding hydrogens is 378 g/mol. The number of carbonyl (C=O) groups excluding carboxylic acids is 1. The number of anilines is 1. The second-order valence-corrected chi connectivity index (χ2v) is 8.02. The molecular formula is C23H29N5O2. The lowest BCUT2D eigenvalue weighted by Crippen LogP contribution is -2.51. The lowest BCUT2D eigenvalue weighted by Gasteiger charge is -2.43. The van der Waals surface area contributed by atoms with E-state index in [0.29, 0.717) is 18.2 Å². The SMILES string of the molecule is CCOC(=O)c1nnc2[nH]ccc2c1N(C)[C@H]1CN(Cc2ccccc2)CC[C@H]1C. The predicted octanol–water partition coefficient (Wildman–Crippen LogP) is 3.48. The van der Waals surface area contributed by atoms with Crippen LogP contribution in [0.2, 0.25) is 0 Å². The van der Waals surface area contributed by atoms with Crippen LogP contribution in [0.5, 0.6) is 0 Å². The van der Waals surface area contributed by atoms with Crippen LogP contribution in [0, 0.1) is 5.92 Å². The van der Waals surface area contributed by atoms with Crippen LogP contribution in [0.1, 0.15) is 36.3 Å². The molecule has 3 heterocycles. The molecule has 1 aliphatic heterocycles. The largest absolute Gasteiger partial charge is 0.461 e. The minimum atomic E-state index is -0.431. The highest BCUT2D eigenvalue weighted by molar-refractivity contribution is 6.03. The number of fused-ring (bicyclic) bond motifs is 1. The van der Waals surface area contributed by atoms with Crippen molar-refractivity contribution in [3.8, 4) is 0 Å². The first-order valence-corrected chi connectivity index (χ1v) is 10.6. The number of aromatic nitrogens is 3. The molecule has 0 amide bonds. The Kier molecular flexibility index (Phi) is 5.99. The molecule has 3 aromatic rings. The summed E-state index contributed by atoms with van der Waals surface area (Å²) < 4.78 is 5.27. The summed E-state index contributed by atoms with van der Waals surface area (Å²) in [4.78, 5) is 20.4. The van der Waals surface area contributed by atoms with Crippen molar-refractivity contribution in [2.75, 3.05) is 31.6 Å². The molecule has 1 N–H and O–H groups in total. The Balaban J connectivity index is 1.64. The monoisotopic (exact) mass is 407 g/mol. The standard InChI is InChI=1S/C23H29N5O2/c1-4-30-23(29)20-21(18-10-12-24-22(18)26-25-20)27(3)19-15-28(13-11-16(19)2)14-17-8-6-5-7-9-17/h5-10,12,16,19H,4,11,13-15H2,1-3H3,(H,24,26)/t16-,19+/m1/s1. The summed E-state index contributed by atoms with van der Waals surface area (Å²) in [6.45, 7) is 7.31. The summed E-state index contributed by atoms with van der Waals surface area (Å²) in [6.07, 6.45) is 2.93. The van der Waals surface area contributed by atoms with E-state index in [1.165, 1.54) is 5.56 Å². The molecule has 2 atom stereocenters. The first kappa shape index (κ1) is 20.3. The van der Waals surface area contributed by atoms with Crippen molar-refractivity contribution in [3.05, 3.63) is 53.9 Å². The van der Waals surface area contributed by atoms with Crippen molar-refractivity contribution in [3.63, 3.8) is 0 Å². The summed E-state index contributed by atoms with van der Waals surface area (Å²) in [5.41, 5.74) is 3.06. The summed E-state index contributed by atoms with van der Waals surface area (Å²) in [7, 11) is 2.05. The highest BCUT2D eigenvalue weighted by Gasteiger charge is 2.33. The smallest absolute Gasteiger partial charge is 0.361 e. The van der Waals surface area contributed by atoms with E-state index in [1.807, 2.05) is 18.3 Å². The summed E-state index contributed by atoms with van der Waals surface area (Å²) in [6, 6.07) is 12.8. The molecule has 0 aliphatic carbocycles.